The number of amides is 1. The molecule has 0 heterocycles. The molecular weight excluding hydrogens is 154 g/mol. The molecule has 0 aromatic rings. The summed E-state index contributed by atoms with van der Waals surface area (Å²) >= 11 is 0. The molecule has 3 heteroatoms. The summed E-state index contributed by atoms with van der Waals surface area (Å²) < 4.78 is 0. The third-order valence-electron chi connectivity index (χ3n) is 1.50. The van der Waals surface area contributed by atoms with Gasteiger partial charge in [-0.05, 0) is 20.3 Å². The summed E-state index contributed by atoms with van der Waals surface area (Å²) in [6.45, 7) is 5.12. The summed E-state index contributed by atoms with van der Waals surface area (Å²) in [5, 5.41) is 9.27. The van der Waals surface area contributed by atoms with Crippen LogP contribution in [-0.2, 0) is 4.79 Å². The highest BCUT2D eigenvalue weighted by Crippen LogP contribution is 2.07. The molecule has 0 aromatic carbocycles. The molecule has 0 radical (unpaired) electrons. The number of nitrogens with two attached hydrogens (primary N) is 1. The van der Waals surface area contributed by atoms with Gasteiger partial charge < -0.3 is 10.8 Å². The van der Waals surface area contributed by atoms with Crippen LogP contribution < -0.4 is 5.73 Å². The molecule has 0 aliphatic rings. The summed E-state index contributed by atoms with van der Waals surface area (Å²) in [6.07, 6.45) is 4.02. The molecule has 0 aliphatic carbocycles. The maximum Gasteiger partial charge on any atom is 0.220 e. The first-order valence-electron chi connectivity index (χ1n) is 4.02. The number of aliphatic hydroxyl groups is 1. The number of primary amides is 1. The van der Waals surface area contributed by atoms with Gasteiger partial charge in [0.05, 0.1) is 5.60 Å². The Bertz CT molecular complexity index is 179. The molecule has 0 aliphatic heterocycles. The van der Waals surface area contributed by atoms with Gasteiger partial charge in [-0.25, -0.2) is 0 Å². The average molecular weight is 171 g/mol. The quantitative estimate of drug-likeness (QED) is 0.615. The predicted molar refractivity (Wildman–Crippen MR) is 48.4 cm³/mol. The van der Waals surface area contributed by atoms with Gasteiger partial charge >= 0.3 is 0 Å². The van der Waals surface area contributed by atoms with Gasteiger partial charge in [0.2, 0.25) is 5.91 Å². The van der Waals surface area contributed by atoms with Crippen LogP contribution in [0.1, 0.15) is 27.2 Å². The zero-order chi connectivity index (χ0) is 9.78. The van der Waals surface area contributed by atoms with Crippen LogP contribution in [0.15, 0.2) is 12.2 Å². The van der Waals surface area contributed by atoms with Crippen LogP contribution in [0.2, 0.25) is 0 Å². The molecule has 3 N–H and O–H groups in total. The number of hydrogen-bond donors (Lipinski definition) is 2. The highest BCUT2D eigenvalue weighted by molar-refractivity contribution is 5.76. The van der Waals surface area contributed by atoms with Crippen molar-refractivity contribution in [3.8, 4) is 0 Å². The Morgan fingerprint density at radius 2 is 2.17 bits per heavy atom. The highest BCUT2D eigenvalue weighted by Gasteiger charge is 2.08. The number of rotatable bonds is 4. The maximum absolute atomic E-state index is 10.6. The molecule has 3 nitrogen and oxygen atoms in total. The second-order valence-corrected chi connectivity index (χ2v) is 3.60. The van der Waals surface area contributed by atoms with Gasteiger partial charge in [-0.15, -0.1) is 0 Å². The summed E-state index contributed by atoms with van der Waals surface area (Å²) in [7, 11) is 0. The summed E-state index contributed by atoms with van der Waals surface area (Å²) in [6, 6.07) is 0. The minimum Gasteiger partial charge on any atom is -0.386 e. The van der Waals surface area contributed by atoms with Crippen molar-refractivity contribution < 1.29 is 9.90 Å². The molecule has 0 saturated heterocycles. The van der Waals surface area contributed by atoms with Crippen LogP contribution in [0.3, 0.4) is 0 Å². The zero-order valence-electron chi connectivity index (χ0n) is 7.87. The first-order chi connectivity index (χ1) is 5.33. The molecule has 0 aromatic heterocycles. The van der Waals surface area contributed by atoms with E-state index >= 15 is 0 Å². The minimum atomic E-state index is -0.808. The van der Waals surface area contributed by atoms with Gasteiger partial charge in [0.15, 0.2) is 0 Å². The largest absolute Gasteiger partial charge is 0.386 e. The molecule has 0 saturated carbocycles. The Kier molecular flexibility index (Phi) is 3.96. The molecule has 1 amide bonds. The Hall–Kier alpha value is -0.830. The van der Waals surface area contributed by atoms with E-state index in [1.807, 2.05) is 0 Å². The van der Waals surface area contributed by atoms with Crippen molar-refractivity contribution >= 4 is 5.91 Å². The highest BCUT2D eigenvalue weighted by atomic mass is 16.3. The van der Waals surface area contributed by atoms with Crippen molar-refractivity contribution in [3.63, 3.8) is 0 Å². The molecule has 1 unspecified atom stereocenters. The van der Waals surface area contributed by atoms with E-state index in [0.717, 1.165) is 0 Å². The van der Waals surface area contributed by atoms with Crippen LogP contribution in [0.5, 0.6) is 0 Å². The van der Waals surface area contributed by atoms with E-state index < -0.39 is 5.60 Å². The first kappa shape index (κ1) is 11.2. The lowest BCUT2D eigenvalue weighted by Crippen LogP contribution is -2.20. The molecule has 0 rings (SSSR count). The van der Waals surface area contributed by atoms with E-state index in [0.29, 0.717) is 6.42 Å². The van der Waals surface area contributed by atoms with Crippen LogP contribution in [0.4, 0.5) is 0 Å². The topological polar surface area (TPSA) is 63.3 Å². The third kappa shape index (κ3) is 5.92. The standard InChI is InChI=1S/C9H17NO2/c1-7(8(10)11)5-4-6-9(2,3)12/h4,6-7,12H,5H2,1-3H3,(H2,10,11)/b6-4+. The van der Waals surface area contributed by atoms with Gasteiger partial charge in [0.25, 0.3) is 0 Å². The summed E-state index contributed by atoms with van der Waals surface area (Å²) in [5.41, 5.74) is 4.24. The first-order valence-corrected chi connectivity index (χ1v) is 4.02. The number of hydrogen-bond acceptors (Lipinski definition) is 2. The number of carbonyl (C=O) groups is 1. The summed E-state index contributed by atoms with van der Waals surface area (Å²) in [4.78, 5) is 10.6. The van der Waals surface area contributed by atoms with Gasteiger partial charge in [-0.2, -0.15) is 0 Å². The lowest BCUT2D eigenvalue weighted by Gasteiger charge is -2.10. The van der Waals surface area contributed by atoms with E-state index in [1.54, 1.807) is 32.9 Å². The van der Waals surface area contributed by atoms with E-state index in [1.165, 1.54) is 0 Å². The van der Waals surface area contributed by atoms with Crippen LogP contribution >= 0.6 is 0 Å². The lowest BCUT2D eigenvalue weighted by atomic mass is 10.0. The molecule has 1 atom stereocenters. The second-order valence-electron chi connectivity index (χ2n) is 3.60. The van der Waals surface area contributed by atoms with E-state index in [9.17, 15) is 9.90 Å². The van der Waals surface area contributed by atoms with Crippen molar-refractivity contribution in [2.75, 3.05) is 0 Å². The van der Waals surface area contributed by atoms with E-state index in [4.69, 9.17) is 5.73 Å². The second kappa shape index (κ2) is 4.26. The Labute approximate surface area is 73.3 Å². The molecule has 0 spiro atoms. The monoisotopic (exact) mass is 171 g/mol. The van der Waals surface area contributed by atoms with E-state index in [2.05, 4.69) is 0 Å². The molecule has 70 valence electrons. The van der Waals surface area contributed by atoms with Crippen molar-refractivity contribution in [2.24, 2.45) is 11.7 Å². The van der Waals surface area contributed by atoms with E-state index in [-0.39, 0.29) is 11.8 Å². The fourth-order valence-corrected chi connectivity index (χ4v) is 0.677. The molecule has 0 fully saturated rings. The van der Waals surface area contributed by atoms with Crippen LogP contribution in [0, 0.1) is 5.92 Å². The van der Waals surface area contributed by atoms with Crippen molar-refractivity contribution in [3.05, 3.63) is 12.2 Å². The fourth-order valence-electron chi connectivity index (χ4n) is 0.677. The van der Waals surface area contributed by atoms with Crippen molar-refractivity contribution in [2.45, 2.75) is 32.8 Å². The maximum atomic E-state index is 10.6. The number of carbonyl (C=O) groups excluding carboxylic acids is 1. The van der Waals surface area contributed by atoms with Gasteiger partial charge in [0, 0.05) is 5.92 Å². The van der Waals surface area contributed by atoms with Crippen molar-refractivity contribution in [1.82, 2.24) is 0 Å². The molecule has 12 heavy (non-hydrogen) atoms. The SMILES string of the molecule is CC(C/C=C/C(C)(C)O)C(N)=O. The molecule has 0 bridgehead atoms. The lowest BCUT2D eigenvalue weighted by molar-refractivity contribution is -0.121. The molecular formula is C9H17NO2. The third-order valence-corrected chi connectivity index (χ3v) is 1.50. The van der Waals surface area contributed by atoms with Gasteiger partial charge in [-0.1, -0.05) is 19.1 Å². The fraction of sp³-hybridized carbons (Fsp3) is 0.667. The normalized spacial score (nSPS) is 15.0. The van der Waals surface area contributed by atoms with Gasteiger partial charge in [0.1, 0.15) is 0 Å². The smallest absolute Gasteiger partial charge is 0.220 e. The van der Waals surface area contributed by atoms with Gasteiger partial charge in [-0.3, -0.25) is 4.79 Å². The number of allylic oxidation sites excluding steroid dienone is 1. The van der Waals surface area contributed by atoms with Crippen LogP contribution in [0.25, 0.3) is 0 Å². The Balaban J connectivity index is 3.83. The predicted octanol–water partition coefficient (Wildman–Crippen LogP) is 0.825. The van der Waals surface area contributed by atoms with Crippen molar-refractivity contribution in [1.29, 1.82) is 0 Å². The zero-order valence-corrected chi connectivity index (χ0v) is 7.87. The Morgan fingerprint density at radius 1 is 1.67 bits per heavy atom. The van der Waals surface area contributed by atoms with Crippen LogP contribution in [-0.4, -0.2) is 16.6 Å². The minimum absolute atomic E-state index is 0.163. The average Bonchev–Trinajstić information content (AvgIpc) is 1.84. The Morgan fingerprint density at radius 3 is 2.50 bits per heavy atom. The summed E-state index contributed by atoms with van der Waals surface area (Å²) in [5.74, 6) is -0.473.